The molecule has 0 amide bonds. The summed E-state index contributed by atoms with van der Waals surface area (Å²) in [5, 5.41) is 0. The molecule has 1 unspecified atom stereocenters. The summed E-state index contributed by atoms with van der Waals surface area (Å²) in [6.07, 6.45) is -4.50. The van der Waals surface area contributed by atoms with Crippen molar-refractivity contribution in [3.05, 3.63) is 29.8 Å². The van der Waals surface area contributed by atoms with Gasteiger partial charge in [-0.15, -0.1) is 0 Å². The molecular formula is C12H12F5NO2S. The van der Waals surface area contributed by atoms with Gasteiger partial charge in [-0.05, 0) is 31.0 Å². The molecule has 1 aliphatic rings. The first-order chi connectivity index (χ1) is 9.64. The van der Waals surface area contributed by atoms with Crippen LogP contribution in [0, 0.1) is 11.6 Å². The minimum Gasteiger partial charge on any atom is -0.207 e. The van der Waals surface area contributed by atoms with Gasteiger partial charge >= 0.3 is 6.18 Å². The highest BCUT2D eigenvalue weighted by Gasteiger charge is 2.49. The van der Waals surface area contributed by atoms with Crippen molar-refractivity contribution < 1.29 is 30.4 Å². The number of rotatable bonds is 2. The third-order valence-corrected chi connectivity index (χ3v) is 5.23. The topological polar surface area (TPSA) is 37.4 Å². The van der Waals surface area contributed by atoms with Crippen molar-refractivity contribution in [2.75, 3.05) is 6.54 Å². The Morgan fingerprint density at radius 2 is 1.76 bits per heavy atom. The number of hydrogen-bond acceptors (Lipinski definition) is 2. The predicted molar refractivity (Wildman–Crippen MR) is 63.9 cm³/mol. The zero-order valence-electron chi connectivity index (χ0n) is 10.7. The van der Waals surface area contributed by atoms with Gasteiger partial charge in [-0.2, -0.15) is 17.5 Å². The number of hydrogen-bond donors (Lipinski definition) is 0. The summed E-state index contributed by atoms with van der Waals surface area (Å²) in [7, 11) is -4.53. The third-order valence-electron chi connectivity index (χ3n) is 3.33. The first-order valence-corrected chi connectivity index (χ1v) is 7.61. The van der Waals surface area contributed by atoms with E-state index in [1.807, 2.05) is 0 Å². The van der Waals surface area contributed by atoms with Crippen LogP contribution in [0.1, 0.15) is 19.3 Å². The molecule has 3 nitrogen and oxygen atoms in total. The molecule has 118 valence electrons. The minimum absolute atomic E-state index is 0.258. The van der Waals surface area contributed by atoms with Crippen LogP contribution in [0.15, 0.2) is 23.1 Å². The molecule has 21 heavy (non-hydrogen) atoms. The van der Waals surface area contributed by atoms with Crippen LogP contribution >= 0.6 is 0 Å². The van der Waals surface area contributed by atoms with Gasteiger partial charge in [0, 0.05) is 6.54 Å². The van der Waals surface area contributed by atoms with Crippen LogP contribution in [-0.2, 0) is 10.0 Å². The van der Waals surface area contributed by atoms with Gasteiger partial charge in [0.25, 0.3) is 0 Å². The standard InChI is InChI=1S/C12H12F5NO2S/c13-9-5-4-8(7-10(9)14)21(19,20)18-6-2-1-3-11(18)12(15,16)17/h4-5,7,11H,1-3,6H2. The van der Waals surface area contributed by atoms with Crippen molar-refractivity contribution in [3.8, 4) is 0 Å². The molecular weight excluding hydrogens is 317 g/mol. The minimum atomic E-state index is -4.70. The van der Waals surface area contributed by atoms with Gasteiger partial charge in [-0.25, -0.2) is 17.2 Å². The highest BCUT2D eigenvalue weighted by molar-refractivity contribution is 7.89. The average molecular weight is 329 g/mol. The van der Waals surface area contributed by atoms with E-state index < -0.39 is 38.8 Å². The molecule has 0 saturated carbocycles. The lowest BCUT2D eigenvalue weighted by Crippen LogP contribution is -2.51. The number of halogens is 5. The molecule has 0 N–H and O–H groups in total. The van der Waals surface area contributed by atoms with Gasteiger partial charge in [-0.3, -0.25) is 0 Å². The van der Waals surface area contributed by atoms with Crippen LogP contribution in [0.2, 0.25) is 0 Å². The van der Waals surface area contributed by atoms with Crippen LogP contribution in [0.25, 0.3) is 0 Å². The van der Waals surface area contributed by atoms with E-state index in [2.05, 4.69) is 0 Å². The van der Waals surface area contributed by atoms with E-state index in [1.54, 1.807) is 0 Å². The molecule has 0 aliphatic carbocycles. The van der Waals surface area contributed by atoms with Crippen LogP contribution in [0.5, 0.6) is 0 Å². The molecule has 1 aromatic rings. The quantitative estimate of drug-likeness (QED) is 0.782. The molecule has 1 saturated heterocycles. The lowest BCUT2D eigenvalue weighted by molar-refractivity contribution is -0.177. The summed E-state index contributed by atoms with van der Waals surface area (Å²) in [6.45, 7) is -0.300. The highest BCUT2D eigenvalue weighted by Crippen LogP contribution is 2.35. The Balaban J connectivity index is 2.43. The predicted octanol–water partition coefficient (Wildman–Crippen LogP) is 3.07. The summed E-state index contributed by atoms with van der Waals surface area (Å²) in [5.74, 6) is -2.68. The maximum absolute atomic E-state index is 13.1. The Hall–Kier alpha value is -1.22. The van der Waals surface area contributed by atoms with Crippen LogP contribution in [0.3, 0.4) is 0 Å². The van der Waals surface area contributed by atoms with Crippen molar-refractivity contribution in [1.82, 2.24) is 4.31 Å². The number of benzene rings is 1. The van der Waals surface area contributed by atoms with E-state index in [9.17, 15) is 30.4 Å². The second-order valence-corrected chi connectivity index (χ2v) is 6.64. The van der Waals surface area contributed by atoms with E-state index in [1.165, 1.54) is 0 Å². The Morgan fingerprint density at radius 3 is 2.33 bits per heavy atom. The summed E-state index contributed by atoms with van der Waals surface area (Å²) in [5.41, 5.74) is 0. The van der Waals surface area contributed by atoms with Gasteiger partial charge in [0.15, 0.2) is 11.6 Å². The fourth-order valence-electron chi connectivity index (χ4n) is 2.29. The molecule has 1 fully saturated rings. The fourth-order valence-corrected chi connectivity index (χ4v) is 3.99. The van der Waals surface area contributed by atoms with Crippen LogP contribution in [-0.4, -0.2) is 31.5 Å². The largest absolute Gasteiger partial charge is 0.405 e. The van der Waals surface area contributed by atoms with Gasteiger partial charge in [-0.1, -0.05) is 6.42 Å². The maximum Gasteiger partial charge on any atom is 0.405 e. The number of alkyl halides is 3. The molecule has 1 heterocycles. The number of piperidine rings is 1. The normalized spacial score (nSPS) is 21.5. The molecule has 0 spiro atoms. The fraction of sp³-hybridized carbons (Fsp3) is 0.500. The summed E-state index contributed by atoms with van der Waals surface area (Å²) in [6, 6.07) is -0.401. The maximum atomic E-state index is 13.1. The Kier molecular flexibility index (Phi) is 4.25. The van der Waals surface area contributed by atoms with E-state index in [-0.39, 0.29) is 25.8 Å². The van der Waals surface area contributed by atoms with Crippen molar-refractivity contribution in [2.45, 2.75) is 36.4 Å². The zero-order chi connectivity index (χ0) is 15.8. The van der Waals surface area contributed by atoms with E-state index in [0.29, 0.717) is 16.4 Å². The molecule has 1 aromatic carbocycles. The van der Waals surface area contributed by atoms with E-state index in [4.69, 9.17) is 0 Å². The summed E-state index contributed by atoms with van der Waals surface area (Å²) in [4.78, 5) is -0.683. The van der Waals surface area contributed by atoms with Crippen LogP contribution in [0.4, 0.5) is 22.0 Å². The monoisotopic (exact) mass is 329 g/mol. The van der Waals surface area contributed by atoms with Crippen molar-refractivity contribution in [2.24, 2.45) is 0 Å². The average Bonchev–Trinajstić information content (AvgIpc) is 2.41. The van der Waals surface area contributed by atoms with Crippen molar-refractivity contribution in [3.63, 3.8) is 0 Å². The van der Waals surface area contributed by atoms with Gasteiger partial charge in [0.05, 0.1) is 4.90 Å². The Labute approximate surface area is 118 Å². The molecule has 1 atom stereocenters. The Morgan fingerprint density at radius 1 is 1.10 bits per heavy atom. The van der Waals surface area contributed by atoms with Crippen molar-refractivity contribution in [1.29, 1.82) is 0 Å². The molecule has 1 aliphatic heterocycles. The zero-order valence-corrected chi connectivity index (χ0v) is 11.5. The van der Waals surface area contributed by atoms with E-state index >= 15 is 0 Å². The number of nitrogens with zero attached hydrogens (tertiary/aromatic N) is 1. The molecule has 2 rings (SSSR count). The lowest BCUT2D eigenvalue weighted by Gasteiger charge is -2.35. The second kappa shape index (κ2) is 5.53. The first kappa shape index (κ1) is 16.2. The molecule has 9 heteroatoms. The summed E-state index contributed by atoms with van der Waals surface area (Å²) < 4.78 is 89.6. The lowest BCUT2D eigenvalue weighted by atomic mass is 10.0. The smallest absolute Gasteiger partial charge is 0.207 e. The third kappa shape index (κ3) is 3.18. The highest BCUT2D eigenvalue weighted by atomic mass is 32.2. The van der Waals surface area contributed by atoms with Gasteiger partial charge < -0.3 is 0 Å². The van der Waals surface area contributed by atoms with Gasteiger partial charge in [0.2, 0.25) is 10.0 Å². The van der Waals surface area contributed by atoms with Crippen molar-refractivity contribution >= 4 is 10.0 Å². The molecule has 0 aromatic heterocycles. The number of sulfonamides is 1. The molecule has 0 bridgehead atoms. The molecule has 0 radical (unpaired) electrons. The van der Waals surface area contributed by atoms with Crippen LogP contribution < -0.4 is 0 Å². The first-order valence-electron chi connectivity index (χ1n) is 6.17. The van der Waals surface area contributed by atoms with Gasteiger partial charge in [0.1, 0.15) is 6.04 Å². The summed E-state index contributed by atoms with van der Waals surface area (Å²) >= 11 is 0. The SMILES string of the molecule is O=S(=O)(c1ccc(F)c(F)c1)N1CCCCC1C(F)(F)F. The Bertz CT molecular complexity index is 629. The van der Waals surface area contributed by atoms with E-state index in [0.717, 1.165) is 6.07 Å². The second-order valence-electron chi connectivity index (χ2n) is 4.74.